The van der Waals surface area contributed by atoms with Crippen molar-refractivity contribution < 1.29 is 8.85 Å². The van der Waals surface area contributed by atoms with Crippen molar-refractivity contribution >= 4 is 8.56 Å². The molecule has 0 aliphatic heterocycles. The van der Waals surface area contributed by atoms with Crippen molar-refractivity contribution in [3.05, 3.63) is 35.9 Å². The van der Waals surface area contributed by atoms with Crippen LogP contribution >= 0.6 is 0 Å². The second kappa shape index (κ2) is 12.0. The van der Waals surface area contributed by atoms with Gasteiger partial charge >= 0.3 is 8.56 Å². The Morgan fingerprint density at radius 3 is 1.78 bits per heavy atom. The molecular formula is C22H42N2O2Si. The molecule has 0 aliphatic rings. The van der Waals surface area contributed by atoms with E-state index in [1.54, 1.807) is 0 Å². The van der Waals surface area contributed by atoms with Gasteiger partial charge in [-0.25, -0.2) is 0 Å². The van der Waals surface area contributed by atoms with Crippen LogP contribution in [0.4, 0.5) is 0 Å². The predicted molar refractivity (Wildman–Crippen MR) is 119 cm³/mol. The third-order valence-electron chi connectivity index (χ3n) is 5.15. The summed E-state index contributed by atoms with van der Waals surface area (Å²) < 4.78 is 13.0. The Bertz CT molecular complexity index is 492. The van der Waals surface area contributed by atoms with E-state index in [9.17, 15) is 0 Å². The van der Waals surface area contributed by atoms with Gasteiger partial charge in [-0.1, -0.05) is 37.3 Å². The van der Waals surface area contributed by atoms with E-state index in [0.29, 0.717) is 0 Å². The summed E-state index contributed by atoms with van der Waals surface area (Å²) in [5.41, 5.74) is 1.55. The highest BCUT2D eigenvalue weighted by molar-refractivity contribution is 6.67. The van der Waals surface area contributed by atoms with Crippen molar-refractivity contribution in [1.82, 2.24) is 9.80 Å². The quantitative estimate of drug-likeness (QED) is 0.440. The van der Waals surface area contributed by atoms with Gasteiger partial charge in [0.05, 0.1) is 0 Å². The fourth-order valence-electron chi connectivity index (χ4n) is 4.31. The van der Waals surface area contributed by atoms with Crippen LogP contribution in [0.25, 0.3) is 0 Å². The van der Waals surface area contributed by atoms with E-state index >= 15 is 0 Å². The van der Waals surface area contributed by atoms with Gasteiger partial charge in [0.25, 0.3) is 0 Å². The maximum Gasteiger partial charge on any atom is 0.339 e. The van der Waals surface area contributed by atoms with Crippen LogP contribution in [0.5, 0.6) is 0 Å². The molecule has 0 spiro atoms. The van der Waals surface area contributed by atoms with Crippen molar-refractivity contribution in [1.29, 1.82) is 0 Å². The highest BCUT2D eigenvalue weighted by Gasteiger charge is 2.45. The monoisotopic (exact) mass is 394 g/mol. The number of aryl methyl sites for hydroxylation is 1. The average molecular weight is 395 g/mol. The lowest BCUT2D eigenvalue weighted by molar-refractivity contribution is 0.119. The van der Waals surface area contributed by atoms with Gasteiger partial charge in [0.15, 0.2) is 0 Å². The second-order valence-corrected chi connectivity index (χ2v) is 11.5. The minimum absolute atomic E-state index is 0.181. The first kappa shape index (κ1) is 24.3. The lowest BCUT2D eigenvalue weighted by Gasteiger charge is -2.43. The molecule has 156 valence electrons. The van der Waals surface area contributed by atoms with Crippen LogP contribution in [0, 0.1) is 5.41 Å². The molecule has 0 saturated carbocycles. The van der Waals surface area contributed by atoms with Crippen molar-refractivity contribution in [2.75, 3.05) is 54.5 Å². The molecule has 0 aromatic heterocycles. The lowest BCUT2D eigenvalue weighted by atomic mass is 9.86. The molecule has 0 heterocycles. The average Bonchev–Trinajstić information content (AvgIpc) is 2.60. The summed E-state index contributed by atoms with van der Waals surface area (Å²) in [5.74, 6) is 0. The Hall–Kier alpha value is -0.723. The normalized spacial score (nSPS) is 12.9. The van der Waals surface area contributed by atoms with Gasteiger partial charge in [-0.05, 0) is 77.9 Å². The molecule has 0 amide bonds. The van der Waals surface area contributed by atoms with Gasteiger partial charge in [-0.2, -0.15) is 0 Å². The van der Waals surface area contributed by atoms with Crippen LogP contribution in [-0.2, 0) is 15.3 Å². The molecule has 0 unspecified atom stereocenters. The predicted octanol–water partition coefficient (Wildman–Crippen LogP) is 4.26. The Morgan fingerprint density at radius 2 is 1.37 bits per heavy atom. The standard InChI is InChI=1S/C22H42N2O2Si/c1-8-22(18-23(4)5,19-24(6)7)20-27(25-9-2,26-10-3)17-16-21-14-12-11-13-15-21/h11-15H,8-10,16-20H2,1-7H3. The molecule has 0 aliphatic carbocycles. The zero-order chi connectivity index (χ0) is 20.3. The van der Waals surface area contributed by atoms with Crippen LogP contribution < -0.4 is 0 Å². The largest absolute Gasteiger partial charge is 0.394 e. The number of hydrogen-bond acceptors (Lipinski definition) is 4. The van der Waals surface area contributed by atoms with Crippen molar-refractivity contribution in [3.8, 4) is 0 Å². The number of nitrogens with zero attached hydrogens (tertiary/aromatic N) is 2. The lowest BCUT2D eigenvalue weighted by Crippen LogP contribution is -2.52. The summed E-state index contributed by atoms with van der Waals surface area (Å²) in [6, 6.07) is 12.8. The van der Waals surface area contributed by atoms with Gasteiger partial charge in [-0.15, -0.1) is 0 Å². The molecule has 0 N–H and O–H groups in total. The molecule has 4 nitrogen and oxygen atoms in total. The first-order valence-electron chi connectivity index (χ1n) is 10.4. The highest BCUT2D eigenvalue weighted by Crippen LogP contribution is 2.37. The third kappa shape index (κ3) is 8.44. The summed E-state index contributed by atoms with van der Waals surface area (Å²) >= 11 is 0. The first-order valence-corrected chi connectivity index (χ1v) is 12.6. The Balaban J connectivity index is 3.12. The zero-order valence-corrected chi connectivity index (χ0v) is 19.8. The minimum atomic E-state index is -2.32. The van der Waals surface area contributed by atoms with Gasteiger partial charge < -0.3 is 18.7 Å². The van der Waals surface area contributed by atoms with Crippen LogP contribution in [0.15, 0.2) is 30.3 Å². The van der Waals surface area contributed by atoms with Crippen LogP contribution in [0.2, 0.25) is 12.1 Å². The summed E-state index contributed by atoms with van der Waals surface area (Å²) in [4.78, 5) is 4.64. The molecule has 5 heteroatoms. The SMILES string of the molecule is CCO[Si](CCc1ccccc1)(CC(CC)(CN(C)C)CN(C)C)OCC. The third-order valence-corrected chi connectivity index (χ3v) is 9.08. The summed E-state index contributed by atoms with van der Waals surface area (Å²) in [6.07, 6.45) is 2.15. The molecule has 1 rings (SSSR count). The highest BCUT2D eigenvalue weighted by atomic mass is 28.4. The number of rotatable bonds is 14. The fraction of sp³-hybridized carbons (Fsp3) is 0.727. The molecule has 27 heavy (non-hydrogen) atoms. The fourth-order valence-corrected chi connectivity index (χ4v) is 8.40. The number of benzene rings is 1. The van der Waals surface area contributed by atoms with E-state index in [-0.39, 0.29) is 5.41 Å². The Morgan fingerprint density at radius 1 is 0.852 bits per heavy atom. The van der Waals surface area contributed by atoms with Crippen LogP contribution in [0.1, 0.15) is 32.8 Å². The van der Waals surface area contributed by atoms with Crippen LogP contribution in [-0.4, -0.2) is 72.9 Å². The summed E-state index contributed by atoms with van der Waals surface area (Å²) in [5, 5.41) is 0. The van der Waals surface area contributed by atoms with Gasteiger partial charge in [-0.3, -0.25) is 0 Å². The van der Waals surface area contributed by atoms with E-state index in [0.717, 1.165) is 51.2 Å². The van der Waals surface area contributed by atoms with Gasteiger partial charge in [0.1, 0.15) is 0 Å². The maximum absolute atomic E-state index is 6.49. The molecule has 1 aromatic carbocycles. The molecule has 0 fully saturated rings. The molecule has 0 saturated heterocycles. The summed E-state index contributed by atoms with van der Waals surface area (Å²) in [6.45, 7) is 10.1. The van der Waals surface area contributed by atoms with E-state index < -0.39 is 8.56 Å². The zero-order valence-electron chi connectivity index (χ0n) is 18.8. The second-order valence-electron chi connectivity index (χ2n) is 8.27. The first-order chi connectivity index (χ1) is 12.8. The van der Waals surface area contributed by atoms with Crippen molar-refractivity contribution in [2.45, 2.75) is 45.7 Å². The molecule has 0 bridgehead atoms. The van der Waals surface area contributed by atoms with E-state index in [4.69, 9.17) is 8.85 Å². The Kier molecular flexibility index (Phi) is 10.8. The van der Waals surface area contributed by atoms with Crippen LogP contribution in [0.3, 0.4) is 0 Å². The molecule has 0 radical (unpaired) electrons. The van der Waals surface area contributed by atoms with Crippen molar-refractivity contribution in [2.24, 2.45) is 5.41 Å². The Labute approximate surface area is 169 Å². The molecule has 1 aromatic rings. The van der Waals surface area contributed by atoms with E-state index in [1.807, 2.05) is 0 Å². The van der Waals surface area contributed by atoms with E-state index in [1.165, 1.54) is 5.56 Å². The topological polar surface area (TPSA) is 24.9 Å². The van der Waals surface area contributed by atoms with Gasteiger partial charge in [0.2, 0.25) is 0 Å². The van der Waals surface area contributed by atoms with Gasteiger partial charge in [0, 0.05) is 26.3 Å². The molecule has 0 atom stereocenters. The summed E-state index contributed by atoms with van der Waals surface area (Å²) in [7, 11) is 6.38. The van der Waals surface area contributed by atoms with Crippen molar-refractivity contribution in [3.63, 3.8) is 0 Å². The van der Waals surface area contributed by atoms with E-state index in [2.05, 4.69) is 89.1 Å². The maximum atomic E-state index is 6.49. The number of hydrogen-bond donors (Lipinski definition) is 0. The molecular weight excluding hydrogens is 352 g/mol. The smallest absolute Gasteiger partial charge is 0.339 e. The minimum Gasteiger partial charge on any atom is -0.394 e.